The van der Waals surface area contributed by atoms with Gasteiger partial charge in [-0.1, -0.05) is 93.8 Å². The van der Waals surface area contributed by atoms with E-state index in [4.69, 9.17) is 0 Å². The van der Waals surface area contributed by atoms with Crippen LogP contribution in [-0.2, 0) is 15.1 Å². The van der Waals surface area contributed by atoms with Gasteiger partial charge in [-0.2, -0.15) is 0 Å². The Morgan fingerprint density at radius 1 is 1.00 bits per heavy atom. The van der Waals surface area contributed by atoms with Gasteiger partial charge in [0.1, 0.15) is 12.1 Å². The van der Waals surface area contributed by atoms with Gasteiger partial charge in [0.25, 0.3) is 5.91 Å². The minimum absolute atomic E-state index is 0.154. The molecule has 2 atom stereocenters. The van der Waals surface area contributed by atoms with Crippen molar-refractivity contribution in [2.45, 2.75) is 57.5 Å². The molecule has 1 fully saturated rings. The average molecular weight is 422 g/mol. The van der Waals surface area contributed by atoms with E-state index in [1.54, 1.807) is 0 Å². The van der Waals surface area contributed by atoms with Gasteiger partial charge < -0.3 is 10.6 Å². The van der Waals surface area contributed by atoms with E-state index in [2.05, 4.69) is 17.6 Å². The van der Waals surface area contributed by atoms with E-state index in [0.717, 1.165) is 41.7 Å². The van der Waals surface area contributed by atoms with Crippen LogP contribution in [0.1, 0.15) is 63.1 Å². The lowest BCUT2D eigenvalue weighted by Crippen LogP contribution is -2.45. The number of carbonyl (C=O) groups excluding carboxylic acids is 3. The third kappa shape index (κ3) is 4.95. The molecule has 1 aliphatic heterocycles. The van der Waals surface area contributed by atoms with E-state index in [0.29, 0.717) is 6.42 Å². The highest BCUT2D eigenvalue weighted by Gasteiger charge is 2.52. The summed E-state index contributed by atoms with van der Waals surface area (Å²) in [4.78, 5) is 40.1. The number of nitrogens with zero attached hydrogens (tertiary/aromatic N) is 1. The Bertz CT molecular complexity index is 901. The fourth-order valence-corrected chi connectivity index (χ4v) is 4.12. The topological polar surface area (TPSA) is 78.5 Å². The number of hydrogen-bond acceptors (Lipinski definition) is 3. The zero-order valence-electron chi connectivity index (χ0n) is 18.3. The Labute approximate surface area is 184 Å². The van der Waals surface area contributed by atoms with Crippen LogP contribution in [0.4, 0.5) is 4.79 Å². The summed E-state index contributed by atoms with van der Waals surface area (Å²) < 4.78 is 0. The lowest BCUT2D eigenvalue weighted by atomic mass is 9.85. The molecule has 0 radical (unpaired) electrons. The summed E-state index contributed by atoms with van der Waals surface area (Å²) >= 11 is 0. The van der Waals surface area contributed by atoms with Gasteiger partial charge in [-0.15, -0.1) is 0 Å². The summed E-state index contributed by atoms with van der Waals surface area (Å²) in [5, 5.41) is 5.89. The van der Waals surface area contributed by atoms with Crippen LogP contribution in [0.3, 0.4) is 0 Å². The fraction of sp³-hybridized carbons (Fsp3) is 0.400. The normalized spacial score (nSPS) is 19.2. The number of unbranched alkanes of at least 4 members (excludes halogenated alkanes) is 1. The monoisotopic (exact) mass is 421 g/mol. The second kappa shape index (κ2) is 10.2. The second-order valence-electron chi connectivity index (χ2n) is 8.02. The van der Waals surface area contributed by atoms with Crippen molar-refractivity contribution >= 4 is 17.8 Å². The number of hydrogen-bond donors (Lipinski definition) is 2. The van der Waals surface area contributed by atoms with Crippen LogP contribution in [0.5, 0.6) is 0 Å². The van der Waals surface area contributed by atoms with Crippen LogP contribution in [-0.4, -0.2) is 29.3 Å². The number of nitrogens with one attached hydrogen (secondary N) is 2. The van der Waals surface area contributed by atoms with Crippen molar-refractivity contribution in [1.29, 1.82) is 0 Å². The van der Waals surface area contributed by atoms with Gasteiger partial charge in [-0.3, -0.25) is 14.5 Å². The van der Waals surface area contributed by atoms with Gasteiger partial charge in [0.2, 0.25) is 5.91 Å². The molecular formula is C25H31N3O3. The van der Waals surface area contributed by atoms with Crippen molar-refractivity contribution < 1.29 is 14.4 Å². The molecule has 2 aromatic rings. The van der Waals surface area contributed by atoms with Crippen molar-refractivity contribution in [3.05, 3.63) is 71.8 Å². The predicted molar refractivity (Wildman–Crippen MR) is 120 cm³/mol. The molecule has 0 spiro atoms. The van der Waals surface area contributed by atoms with Crippen molar-refractivity contribution in [1.82, 2.24) is 15.5 Å². The number of urea groups is 1. The number of carbonyl (C=O) groups is 3. The summed E-state index contributed by atoms with van der Waals surface area (Å²) in [5.74, 6) is -0.704. The molecule has 0 bridgehead atoms. The first-order chi connectivity index (χ1) is 15.0. The van der Waals surface area contributed by atoms with Crippen LogP contribution in [0.15, 0.2) is 60.7 Å². The summed E-state index contributed by atoms with van der Waals surface area (Å²) in [7, 11) is 0. The minimum atomic E-state index is -1.11. The fourth-order valence-electron chi connectivity index (χ4n) is 4.12. The molecule has 4 amide bonds. The Morgan fingerprint density at radius 3 is 2.26 bits per heavy atom. The number of amides is 4. The van der Waals surface area contributed by atoms with E-state index in [1.807, 2.05) is 67.6 Å². The van der Waals surface area contributed by atoms with Gasteiger partial charge >= 0.3 is 6.03 Å². The largest absolute Gasteiger partial charge is 0.348 e. The molecule has 2 unspecified atom stereocenters. The average Bonchev–Trinajstić information content (AvgIpc) is 3.03. The quantitative estimate of drug-likeness (QED) is 0.562. The van der Waals surface area contributed by atoms with E-state index < -0.39 is 11.6 Å². The Morgan fingerprint density at radius 2 is 1.65 bits per heavy atom. The van der Waals surface area contributed by atoms with Crippen LogP contribution < -0.4 is 10.6 Å². The first-order valence-corrected chi connectivity index (χ1v) is 11.1. The van der Waals surface area contributed by atoms with E-state index in [9.17, 15) is 14.4 Å². The van der Waals surface area contributed by atoms with Crippen molar-refractivity contribution in [2.24, 2.45) is 0 Å². The highest BCUT2D eigenvalue weighted by Crippen LogP contribution is 2.34. The van der Waals surface area contributed by atoms with Gasteiger partial charge in [0, 0.05) is 0 Å². The van der Waals surface area contributed by atoms with E-state index in [-0.39, 0.29) is 24.4 Å². The van der Waals surface area contributed by atoms with Crippen molar-refractivity contribution in [3.63, 3.8) is 0 Å². The summed E-state index contributed by atoms with van der Waals surface area (Å²) in [5.41, 5.74) is 0.644. The number of imide groups is 1. The Hall–Kier alpha value is -3.15. The Balaban J connectivity index is 1.77. The summed E-state index contributed by atoms with van der Waals surface area (Å²) in [6.07, 6.45) is 3.86. The number of benzene rings is 2. The van der Waals surface area contributed by atoms with E-state index >= 15 is 0 Å². The maximum Gasteiger partial charge on any atom is 0.325 e. The van der Waals surface area contributed by atoms with Gasteiger partial charge in [-0.25, -0.2) is 4.79 Å². The van der Waals surface area contributed by atoms with Crippen LogP contribution in [0.25, 0.3) is 0 Å². The van der Waals surface area contributed by atoms with Gasteiger partial charge in [0.05, 0.1) is 6.04 Å². The van der Waals surface area contributed by atoms with Crippen molar-refractivity contribution in [3.8, 4) is 0 Å². The first-order valence-electron chi connectivity index (χ1n) is 11.1. The molecule has 31 heavy (non-hydrogen) atoms. The lowest BCUT2D eigenvalue weighted by Gasteiger charge is -2.27. The van der Waals surface area contributed by atoms with E-state index in [1.165, 1.54) is 0 Å². The third-order valence-electron chi connectivity index (χ3n) is 5.76. The lowest BCUT2D eigenvalue weighted by molar-refractivity contribution is -0.135. The molecule has 164 valence electrons. The zero-order chi connectivity index (χ0) is 22.3. The molecule has 0 aliphatic carbocycles. The SMILES string of the molecule is CCCCC1(c2ccccc2)NC(=O)N(CC(=O)NC(CCC)c2ccccc2)C1=O. The highest BCUT2D eigenvalue weighted by molar-refractivity contribution is 6.09. The standard InChI is InChI=1S/C25H31N3O3/c1-3-5-17-25(20-15-10-7-11-16-20)23(30)28(24(31)27-25)18-22(29)26-21(12-4-2)19-13-8-6-9-14-19/h6-11,13-16,21H,3-5,12,17-18H2,1-2H3,(H,26,29)(H,27,31). The minimum Gasteiger partial charge on any atom is -0.348 e. The van der Waals surface area contributed by atoms with Crippen LogP contribution in [0.2, 0.25) is 0 Å². The predicted octanol–water partition coefficient (Wildman–Crippen LogP) is 4.28. The van der Waals surface area contributed by atoms with Gasteiger partial charge in [-0.05, 0) is 24.0 Å². The second-order valence-corrected chi connectivity index (χ2v) is 8.02. The third-order valence-corrected chi connectivity index (χ3v) is 5.76. The molecule has 6 nitrogen and oxygen atoms in total. The molecule has 1 saturated heterocycles. The molecule has 1 aliphatic rings. The van der Waals surface area contributed by atoms with Crippen molar-refractivity contribution in [2.75, 3.05) is 6.54 Å². The maximum atomic E-state index is 13.4. The molecule has 6 heteroatoms. The molecule has 0 saturated carbocycles. The zero-order valence-corrected chi connectivity index (χ0v) is 18.3. The molecule has 2 N–H and O–H groups in total. The Kier molecular flexibility index (Phi) is 7.45. The molecular weight excluding hydrogens is 390 g/mol. The molecule has 0 aromatic heterocycles. The van der Waals surface area contributed by atoms with Gasteiger partial charge in [0.15, 0.2) is 0 Å². The first kappa shape index (κ1) is 22.5. The molecule has 1 heterocycles. The van der Waals surface area contributed by atoms with Crippen LogP contribution in [0, 0.1) is 0 Å². The smallest absolute Gasteiger partial charge is 0.325 e. The summed E-state index contributed by atoms with van der Waals surface area (Å²) in [6.45, 7) is 3.81. The highest BCUT2D eigenvalue weighted by atomic mass is 16.2. The molecule has 2 aromatic carbocycles. The molecule has 3 rings (SSSR count). The summed E-state index contributed by atoms with van der Waals surface area (Å²) in [6, 6.07) is 18.4. The van der Waals surface area contributed by atoms with Crippen LogP contribution >= 0.6 is 0 Å². The maximum absolute atomic E-state index is 13.4. The number of rotatable bonds is 10.